The van der Waals surface area contributed by atoms with Crippen molar-refractivity contribution in [2.24, 2.45) is 0 Å². The van der Waals surface area contributed by atoms with Crippen LogP contribution in [0.15, 0.2) is 36.4 Å². The van der Waals surface area contributed by atoms with E-state index >= 15 is 0 Å². The van der Waals surface area contributed by atoms with Gasteiger partial charge in [-0.25, -0.2) is 0 Å². The molecule has 1 atom stereocenters. The lowest BCUT2D eigenvalue weighted by Gasteiger charge is -2.38. The Bertz CT molecular complexity index is 906. The Balaban J connectivity index is 1.42. The summed E-state index contributed by atoms with van der Waals surface area (Å²) in [4.78, 5) is 12.6. The first kappa shape index (κ1) is 19.6. The van der Waals surface area contributed by atoms with Gasteiger partial charge in [-0.15, -0.1) is 0 Å². The van der Waals surface area contributed by atoms with Gasteiger partial charge in [-0.3, -0.25) is 4.79 Å². The van der Waals surface area contributed by atoms with Crippen LogP contribution in [-0.2, 0) is 17.6 Å². The molecule has 0 spiro atoms. The molecule has 0 bridgehead atoms. The molecule has 1 amide bonds. The average Bonchev–Trinajstić information content (AvgIpc) is 2.70. The molecule has 2 aromatic carbocycles. The molecule has 5 nitrogen and oxygen atoms in total. The van der Waals surface area contributed by atoms with Gasteiger partial charge in [0.25, 0.3) is 5.91 Å². The van der Waals surface area contributed by atoms with Crippen molar-refractivity contribution in [3.05, 3.63) is 53.1 Å². The number of rotatable bonds is 5. The minimum Gasteiger partial charge on any atom is -0.497 e. The summed E-state index contributed by atoms with van der Waals surface area (Å²) in [6.07, 6.45) is 5.40. The number of nitrogens with one attached hydrogen (secondary N) is 1. The Labute approximate surface area is 172 Å². The van der Waals surface area contributed by atoms with E-state index in [9.17, 15) is 4.79 Å². The molecule has 0 fully saturated rings. The van der Waals surface area contributed by atoms with Crippen LogP contribution in [-0.4, -0.2) is 25.2 Å². The topological polar surface area (TPSA) is 56.8 Å². The maximum Gasteiger partial charge on any atom is 0.258 e. The monoisotopic (exact) mass is 395 g/mol. The second-order valence-electron chi connectivity index (χ2n) is 8.52. The number of carbonyl (C=O) groups is 1. The highest BCUT2D eigenvalue weighted by molar-refractivity contribution is 5.78. The lowest BCUT2D eigenvalue weighted by Crippen LogP contribution is -2.42. The zero-order valence-corrected chi connectivity index (χ0v) is 17.4. The molecule has 0 aromatic heterocycles. The van der Waals surface area contributed by atoms with E-state index < -0.39 is 0 Å². The van der Waals surface area contributed by atoms with Gasteiger partial charge in [-0.1, -0.05) is 6.07 Å². The maximum atomic E-state index is 12.6. The van der Waals surface area contributed by atoms with Gasteiger partial charge < -0.3 is 19.5 Å². The second kappa shape index (κ2) is 7.97. The molecule has 2 aliphatic rings. The largest absolute Gasteiger partial charge is 0.497 e. The van der Waals surface area contributed by atoms with Crippen molar-refractivity contribution >= 4 is 5.91 Å². The van der Waals surface area contributed by atoms with Crippen LogP contribution in [0.3, 0.4) is 0 Å². The summed E-state index contributed by atoms with van der Waals surface area (Å²) in [6.45, 7) is 4.05. The predicted molar refractivity (Wildman–Crippen MR) is 112 cm³/mol. The third-order valence-corrected chi connectivity index (χ3v) is 5.70. The highest BCUT2D eigenvalue weighted by Crippen LogP contribution is 2.41. The number of amides is 1. The summed E-state index contributed by atoms with van der Waals surface area (Å²) >= 11 is 0. The van der Waals surface area contributed by atoms with Crippen LogP contribution in [0.5, 0.6) is 17.2 Å². The molecule has 0 unspecified atom stereocenters. The van der Waals surface area contributed by atoms with E-state index in [0.29, 0.717) is 6.42 Å². The average molecular weight is 395 g/mol. The zero-order chi connectivity index (χ0) is 20.4. The molecule has 1 N–H and O–H groups in total. The molecule has 0 saturated carbocycles. The van der Waals surface area contributed by atoms with Crippen molar-refractivity contribution in [3.8, 4) is 17.2 Å². The normalized spacial score (nSPS) is 19.3. The van der Waals surface area contributed by atoms with Crippen LogP contribution < -0.4 is 19.5 Å². The molecule has 0 saturated heterocycles. The maximum absolute atomic E-state index is 12.6. The predicted octanol–water partition coefficient (Wildman–Crippen LogP) is 4.37. The van der Waals surface area contributed by atoms with Crippen LogP contribution in [0, 0.1) is 0 Å². The number of fused-ring (bicyclic) bond motifs is 2. The molecular formula is C24H29NO4. The van der Waals surface area contributed by atoms with Gasteiger partial charge in [0.05, 0.1) is 13.2 Å². The molecule has 29 heavy (non-hydrogen) atoms. The van der Waals surface area contributed by atoms with Gasteiger partial charge in [-0.05, 0) is 74.9 Å². The fraction of sp³-hybridized carbons (Fsp3) is 0.458. The molecule has 1 aliphatic carbocycles. The molecule has 4 rings (SSSR count). The van der Waals surface area contributed by atoms with Gasteiger partial charge >= 0.3 is 0 Å². The number of hydrogen-bond donors (Lipinski definition) is 1. The molecule has 0 radical (unpaired) electrons. The number of carbonyl (C=O) groups excluding carboxylic acids is 1. The summed E-state index contributed by atoms with van der Waals surface area (Å²) in [6, 6.07) is 11.8. The molecule has 5 heteroatoms. The minimum atomic E-state index is -0.378. The van der Waals surface area contributed by atoms with E-state index in [1.807, 2.05) is 38.1 Å². The number of methoxy groups -OCH3 is 1. The van der Waals surface area contributed by atoms with Crippen LogP contribution in [0.1, 0.15) is 55.8 Å². The molecular weight excluding hydrogens is 366 g/mol. The van der Waals surface area contributed by atoms with E-state index in [4.69, 9.17) is 14.2 Å². The van der Waals surface area contributed by atoms with Crippen LogP contribution in [0.4, 0.5) is 0 Å². The third kappa shape index (κ3) is 4.50. The highest BCUT2D eigenvalue weighted by atomic mass is 16.5. The lowest BCUT2D eigenvalue weighted by molar-refractivity contribution is -0.124. The van der Waals surface area contributed by atoms with Gasteiger partial charge in [0.1, 0.15) is 22.8 Å². The fourth-order valence-corrected chi connectivity index (χ4v) is 4.27. The Morgan fingerprint density at radius 1 is 1.10 bits per heavy atom. The second-order valence-corrected chi connectivity index (χ2v) is 8.52. The Kier molecular flexibility index (Phi) is 5.39. The Morgan fingerprint density at radius 3 is 2.66 bits per heavy atom. The summed E-state index contributed by atoms with van der Waals surface area (Å²) in [5.41, 5.74) is 3.34. The SMILES string of the molecule is COc1ccc2c(c1)OC(C)(C)C[C@H]2NC(=O)COc1ccc2c(c1)CCCC2. The first-order valence-corrected chi connectivity index (χ1v) is 10.3. The fourth-order valence-electron chi connectivity index (χ4n) is 4.27. The van der Waals surface area contributed by atoms with Crippen molar-refractivity contribution in [3.63, 3.8) is 0 Å². The number of hydrogen-bond acceptors (Lipinski definition) is 4. The van der Waals surface area contributed by atoms with E-state index in [2.05, 4.69) is 17.4 Å². The molecule has 1 aliphatic heterocycles. The standard InChI is InChI=1S/C24H29NO4/c1-24(2)14-21(20-11-10-18(27-3)13-22(20)29-24)25-23(26)15-28-19-9-8-16-6-4-5-7-17(16)12-19/h8-13,21H,4-7,14-15H2,1-3H3,(H,25,26)/t21-/m1/s1. The van der Waals surface area contributed by atoms with Crippen LogP contribution >= 0.6 is 0 Å². The number of aryl methyl sites for hydroxylation is 2. The summed E-state index contributed by atoms with van der Waals surface area (Å²) in [5, 5.41) is 3.12. The zero-order valence-electron chi connectivity index (χ0n) is 17.4. The van der Waals surface area contributed by atoms with Gasteiger partial charge in [0.15, 0.2) is 6.61 Å². The van der Waals surface area contributed by atoms with Gasteiger partial charge in [0.2, 0.25) is 0 Å². The van der Waals surface area contributed by atoms with E-state index in [0.717, 1.165) is 35.7 Å². The Morgan fingerprint density at radius 2 is 1.86 bits per heavy atom. The van der Waals surface area contributed by atoms with Crippen molar-refractivity contribution in [2.75, 3.05) is 13.7 Å². The van der Waals surface area contributed by atoms with Crippen LogP contribution in [0.25, 0.3) is 0 Å². The van der Waals surface area contributed by atoms with E-state index in [1.165, 1.54) is 24.0 Å². The third-order valence-electron chi connectivity index (χ3n) is 5.70. The van der Waals surface area contributed by atoms with Crippen LogP contribution in [0.2, 0.25) is 0 Å². The van der Waals surface area contributed by atoms with Gasteiger partial charge in [-0.2, -0.15) is 0 Å². The molecule has 1 heterocycles. The lowest BCUT2D eigenvalue weighted by atomic mass is 9.89. The van der Waals surface area contributed by atoms with Crippen molar-refractivity contribution in [1.29, 1.82) is 0 Å². The van der Waals surface area contributed by atoms with Crippen molar-refractivity contribution in [1.82, 2.24) is 5.32 Å². The Hall–Kier alpha value is -2.69. The number of ether oxygens (including phenoxy) is 3. The highest BCUT2D eigenvalue weighted by Gasteiger charge is 2.34. The summed E-state index contributed by atoms with van der Waals surface area (Å²) in [5.74, 6) is 2.12. The molecule has 154 valence electrons. The quantitative estimate of drug-likeness (QED) is 0.817. The summed E-state index contributed by atoms with van der Waals surface area (Å²) < 4.78 is 17.2. The van der Waals surface area contributed by atoms with E-state index in [1.54, 1.807) is 7.11 Å². The minimum absolute atomic E-state index is 0.00204. The van der Waals surface area contributed by atoms with Crippen molar-refractivity contribution < 1.29 is 19.0 Å². The first-order chi connectivity index (χ1) is 13.9. The smallest absolute Gasteiger partial charge is 0.258 e. The molecule has 2 aromatic rings. The number of benzene rings is 2. The van der Waals surface area contributed by atoms with E-state index in [-0.39, 0.29) is 24.2 Å². The van der Waals surface area contributed by atoms with Gasteiger partial charge in [0, 0.05) is 18.1 Å². The summed E-state index contributed by atoms with van der Waals surface area (Å²) in [7, 11) is 1.63. The van der Waals surface area contributed by atoms with Crippen molar-refractivity contribution in [2.45, 2.75) is 57.6 Å². The first-order valence-electron chi connectivity index (χ1n) is 10.3.